The van der Waals surface area contributed by atoms with Crippen LogP contribution in [0.3, 0.4) is 0 Å². The lowest BCUT2D eigenvalue weighted by atomic mass is 10.2. The Bertz CT molecular complexity index is 993. The molecule has 2 aromatic rings. The van der Waals surface area contributed by atoms with Crippen molar-refractivity contribution in [1.82, 2.24) is 4.90 Å². The summed E-state index contributed by atoms with van der Waals surface area (Å²) < 4.78 is 18.4. The third-order valence-electron chi connectivity index (χ3n) is 4.33. The summed E-state index contributed by atoms with van der Waals surface area (Å²) in [6.07, 6.45) is 1.81. The number of thioether (sulfide) groups is 1. The van der Waals surface area contributed by atoms with E-state index in [0.29, 0.717) is 40.5 Å². The molecule has 1 fully saturated rings. The van der Waals surface area contributed by atoms with Crippen LogP contribution in [-0.2, 0) is 4.79 Å². The number of aryl methyl sites for hydroxylation is 1. The monoisotopic (exact) mass is 507 g/mol. The Morgan fingerprint density at radius 2 is 1.97 bits per heavy atom. The lowest BCUT2D eigenvalue weighted by molar-refractivity contribution is -0.121. The summed E-state index contributed by atoms with van der Waals surface area (Å²) in [5, 5.41) is 0. The van der Waals surface area contributed by atoms with Crippen LogP contribution in [-0.4, -0.2) is 42.0 Å². The summed E-state index contributed by atoms with van der Waals surface area (Å²) in [6.45, 7) is 5.25. The van der Waals surface area contributed by atoms with Crippen LogP contribution in [0.15, 0.2) is 45.8 Å². The van der Waals surface area contributed by atoms with Crippen LogP contribution in [0.4, 0.5) is 0 Å². The maximum absolute atomic E-state index is 12.4. The lowest BCUT2D eigenvalue weighted by Gasteiger charge is -2.14. The van der Waals surface area contributed by atoms with Gasteiger partial charge in [-0.25, -0.2) is 0 Å². The van der Waals surface area contributed by atoms with Crippen LogP contribution >= 0.6 is 39.9 Å². The predicted octanol–water partition coefficient (Wildman–Crippen LogP) is 5.45. The molecule has 0 spiro atoms. The van der Waals surface area contributed by atoms with Crippen molar-refractivity contribution >= 4 is 56.2 Å². The number of benzene rings is 2. The first-order valence-electron chi connectivity index (χ1n) is 9.38. The average Bonchev–Trinajstić information content (AvgIpc) is 2.98. The van der Waals surface area contributed by atoms with E-state index in [9.17, 15) is 4.79 Å². The van der Waals surface area contributed by atoms with Crippen LogP contribution in [0.1, 0.15) is 18.1 Å². The Morgan fingerprint density at radius 3 is 2.63 bits per heavy atom. The van der Waals surface area contributed by atoms with Gasteiger partial charge in [0.1, 0.15) is 23.3 Å². The van der Waals surface area contributed by atoms with Crippen LogP contribution in [0, 0.1) is 6.92 Å². The van der Waals surface area contributed by atoms with Gasteiger partial charge in [-0.1, -0.05) is 36.1 Å². The van der Waals surface area contributed by atoms with E-state index in [0.717, 1.165) is 21.3 Å². The van der Waals surface area contributed by atoms with E-state index in [1.165, 1.54) is 11.8 Å². The first-order chi connectivity index (χ1) is 14.4. The van der Waals surface area contributed by atoms with E-state index in [2.05, 4.69) is 15.9 Å². The van der Waals surface area contributed by atoms with E-state index < -0.39 is 0 Å². The van der Waals surface area contributed by atoms with Gasteiger partial charge in [0.05, 0.1) is 16.5 Å². The third-order valence-corrected chi connectivity index (χ3v) is 6.29. The number of methoxy groups -OCH3 is 1. The van der Waals surface area contributed by atoms with Crippen LogP contribution in [0.5, 0.6) is 17.2 Å². The zero-order valence-corrected chi connectivity index (χ0v) is 20.2. The van der Waals surface area contributed by atoms with E-state index in [4.69, 9.17) is 26.4 Å². The SMILES string of the molecule is CCN1C(=O)C(=Cc2cc(Br)c(OCCOc3cccc(C)c3)c(OC)c2)SC1=S. The average molecular weight is 508 g/mol. The van der Waals surface area contributed by atoms with Gasteiger partial charge in [0.25, 0.3) is 5.91 Å². The molecule has 0 unspecified atom stereocenters. The second-order valence-corrected chi connectivity index (χ2v) is 9.00. The molecule has 1 aliphatic rings. The number of hydrogen-bond donors (Lipinski definition) is 0. The maximum atomic E-state index is 12.4. The molecule has 1 heterocycles. The highest BCUT2D eigenvalue weighted by Crippen LogP contribution is 2.39. The second-order valence-electron chi connectivity index (χ2n) is 6.47. The van der Waals surface area contributed by atoms with Crippen molar-refractivity contribution in [3.05, 3.63) is 56.9 Å². The van der Waals surface area contributed by atoms with Crippen molar-refractivity contribution in [2.24, 2.45) is 0 Å². The minimum atomic E-state index is -0.0730. The molecule has 0 atom stereocenters. The Balaban J connectivity index is 1.69. The zero-order valence-electron chi connectivity index (χ0n) is 16.9. The van der Waals surface area contributed by atoms with Crippen LogP contribution in [0.2, 0.25) is 0 Å². The van der Waals surface area contributed by atoms with Crippen LogP contribution < -0.4 is 14.2 Å². The summed E-state index contributed by atoms with van der Waals surface area (Å²) in [5.41, 5.74) is 1.96. The molecule has 0 aliphatic carbocycles. The molecule has 2 aromatic carbocycles. The minimum absolute atomic E-state index is 0.0730. The topological polar surface area (TPSA) is 48.0 Å². The van der Waals surface area contributed by atoms with Gasteiger partial charge in [-0.2, -0.15) is 0 Å². The van der Waals surface area contributed by atoms with Gasteiger partial charge in [-0.3, -0.25) is 9.69 Å². The fourth-order valence-corrected chi connectivity index (χ4v) is 4.85. The highest BCUT2D eigenvalue weighted by Gasteiger charge is 2.30. The number of amides is 1. The molecule has 5 nitrogen and oxygen atoms in total. The van der Waals surface area contributed by atoms with Crippen molar-refractivity contribution in [2.75, 3.05) is 26.9 Å². The molecule has 0 radical (unpaired) electrons. The minimum Gasteiger partial charge on any atom is -0.493 e. The molecule has 30 heavy (non-hydrogen) atoms. The quantitative estimate of drug-likeness (QED) is 0.269. The highest BCUT2D eigenvalue weighted by atomic mass is 79.9. The Labute approximate surface area is 194 Å². The number of hydrogen-bond acceptors (Lipinski definition) is 6. The van der Waals surface area contributed by atoms with E-state index in [1.807, 2.05) is 56.3 Å². The van der Waals surface area contributed by atoms with Gasteiger partial charge in [-0.15, -0.1) is 0 Å². The number of nitrogens with zero attached hydrogens (tertiary/aromatic N) is 1. The first-order valence-corrected chi connectivity index (χ1v) is 11.4. The van der Waals surface area contributed by atoms with Gasteiger partial charge in [0, 0.05) is 6.54 Å². The number of ether oxygens (including phenoxy) is 3. The molecule has 1 aliphatic heterocycles. The number of likely N-dealkylation sites (N-methyl/N-ethyl adjacent to an activating group) is 1. The molecule has 1 saturated heterocycles. The Hall–Kier alpha value is -2.03. The summed E-state index contributed by atoms with van der Waals surface area (Å²) in [6, 6.07) is 11.6. The van der Waals surface area contributed by atoms with Crippen molar-refractivity contribution in [2.45, 2.75) is 13.8 Å². The fraction of sp³-hybridized carbons (Fsp3) is 0.273. The van der Waals surface area contributed by atoms with Crippen molar-refractivity contribution in [3.8, 4) is 17.2 Å². The highest BCUT2D eigenvalue weighted by molar-refractivity contribution is 9.10. The lowest BCUT2D eigenvalue weighted by Crippen LogP contribution is -2.27. The smallest absolute Gasteiger partial charge is 0.266 e. The normalized spacial score (nSPS) is 15.1. The van der Waals surface area contributed by atoms with Crippen LogP contribution in [0.25, 0.3) is 6.08 Å². The number of rotatable bonds is 8. The van der Waals surface area contributed by atoms with E-state index in [1.54, 1.807) is 12.0 Å². The largest absolute Gasteiger partial charge is 0.493 e. The standard InChI is InChI=1S/C22H22BrNO4S2/c1-4-24-21(25)19(30-22(24)29)13-15-11-17(23)20(18(12-15)26-3)28-9-8-27-16-7-5-6-14(2)10-16/h5-7,10-13H,4,8-9H2,1-3H3. The molecule has 158 valence electrons. The molecule has 0 aromatic heterocycles. The van der Waals surface area contributed by atoms with Gasteiger partial charge in [0.15, 0.2) is 11.5 Å². The number of halogens is 1. The summed E-state index contributed by atoms with van der Waals surface area (Å²) >= 11 is 10.1. The van der Waals surface area contributed by atoms with Crippen molar-refractivity contribution < 1.29 is 19.0 Å². The van der Waals surface area contributed by atoms with Gasteiger partial charge in [0.2, 0.25) is 0 Å². The summed E-state index contributed by atoms with van der Waals surface area (Å²) in [4.78, 5) is 14.6. The molecule has 3 rings (SSSR count). The second kappa shape index (κ2) is 10.3. The van der Waals surface area contributed by atoms with Gasteiger partial charge >= 0.3 is 0 Å². The molecule has 0 saturated carbocycles. The molecule has 8 heteroatoms. The number of carbonyl (C=O) groups excluding carboxylic acids is 1. The first kappa shape index (κ1) is 22.7. The van der Waals surface area contributed by atoms with Gasteiger partial charge < -0.3 is 14.2 Å². The molecule has 1 amide bonds. The molecule has 0 N–H and O–H groups in total. The summed E-state index contributed by atoms with van der Waals surface area (Å²) in [7, 11) is 1.58. The molecular weight excluding hydrogens is 486 g/mol. The molecular formula is C22H22BrNO4S2. The van der Waals surface area contributed by atoms with Gasteiger partial charge in [-0.05, 0) is 71.2 Å². The maximum Gasteiger partial charge on any atom is 0.266 e. The van der Waals surface area contributed by atoms with E-state index >= 15 is 0 Å². The Morgan fingerprint density at radius 1 is 1.20 bits per heavy atom. The number of carbonyl (C=O) groups is 1. The zero-order chi connectivity index (χ0) is 21.7. The number of thiocarbonyl (C=S) groups is 1. The molecule has 0 bridgehead atoms. The fourth-order valence-electron chi connectivity index (χ4n) is 2.90. The van der Waals surface area contributed by atoms with E-state index in [-0.39, 0.29) is 5.91 Å². The Kier molecular flexibility index (Phi) is 7.80. The third kappa shape index (κ3) is 5.36. The predicted molar refractivity (Wildman–Crippen MR) is 128 cm³/mol. The summed E-state index contributed by atoms with van der Waals surface area (Å²) in [5.74, 6) is 1.89. The van der Waals surface area contributed by atoms with Crippen molar-refractivity contribution in [1.29, 1.82) is 0 Å². The van der Waals surface area contributed by atoms with Crippen molar-refractivity contribution in [3.63, 3.8) is 0 Å².